The molecule has 19 heavy (non-hydrogen) atoms. The van der Waals surface area contributed by atoms with Gasteiger partial charge in [0, 0.05) is 19.6 Å². The summed E-state index contributed by atoms with van der Waals surface area (Å²) in [7, 11) is 0. The molecule has 0 aromatic rings. The topological polar surface area (TPSA) is 69.6 Å². The summed E-state index contributed by atoms with van der Waals surface area (Å²) in [4.78, 5) is 24.8. The number of carboxylic acids is 1. The van der Waals surface area contributed by atoms with Crippen LogP contribution in [0.3, 0.4) is 0 Å². The zero-order chi connectivity index (χ0) is 13.5. The summed E-state index contributed by atoms with van der Waals surface area (Å²) in [6.07, 6.45) is 6.61. The van der Waals surface area contributed by atoms with E-state index < -0.39 is 11.9 Å². The Labute approximate surface area is 113 Å². The molecule has 0 unspecified atom stereocenters. The average Bonchev–Trinajstić information content (AvgIpc) is 3.28. The normalized spacial score (nSPS) is 28.8. The van der Waals surface area contributed by atoms with Crippen molar-refractivity contribution in [2.45, 2.75) is 38.5 Å². The highest BCUT2D eigenvalue weighted by molar-refractivity contribution is 5.76. The van der Waals surface area contributed by atoms with Crippen LogP contribution in [0.4, 0.5) is 4.79 Å². The van der Waals surface area contributed by atoms with Crippen molar-refractivity contribution >= 4 is 12.0 Å². The minimum atomic E-state index is -0.783. The fourth-order valence-electron chi connectivity index (χ4n) is 3.31. The molecule has 0 aromatic carbocycles. The number of rotatable bonds is 4. The summed E-state index contributed by atoms with van der Waals surface area (Å²) in [5.74, 6) is -0.340. The second-order valence-corrected chi connectivity index (χ2v) is 6.42. The Bertz CT molecular complexity index is 388. The lowest BCUT2D eigenvalue weighted by atomic mass is 9.98. The van der Waals surface area contributed by atoms with Crippen molar-refractivity contribution in [1.82, 2.24) is 10.2 Å². The molecule has 1 aliphatic heterocycles. The smallest absolute Gasteiger partial charge is 0.317 e. The SMILES string of the molecule is O=C(O)[C@@H]1CCCN(C(=O)NCC2(C3CC3)CC2)C1. The number of hydrogen-bond donors (Lipinski definition) is 2. The number of nitrogens with one attached hydrogen (secondary N) is 1. The molecule has 2 aliphatic carbocycles. The maximum absolute atomic E-state index is 12.1. The van der Waals surface area contributed by atoms with E-state index in [9.17, 15) is 9.59 Å². The molecule has 0 spiro atoms. The molecule has 3 fully saturated rings. The summed E-state index contributed by atoms with van der Waals surface area (Å²) in [5.41, 5.74) is 0.400. The molecule has 106 valence electrons. The van der Waals surface area contributed by atoms with E-state index in [2.05, 4.69) is 5.32 Å². The molecule has 5 nitrogen and oxygen atoms in total. The molecule has 2 N–H and O–H groups in total. The van der Waals surface area contributed by atoms with Crippen molar-refractivity contribution in [2.24, 2.45) is 17.3 Å². The highest BCUT2D eigenvalue weighted by atomic mass is 16.4. The van der Waals surface area contributed by atoms with Crippen LogP contribution < -0.4 is 5.32 Å². The van der Waals surface area contributed by atoms with Gasteiger partial charge < -0.3 is 15.3 Å². The van der Waals surface area contributed by atoms with E-state index in [-0.39, 0.29) is 6.03 Å². The van der Waals surface area contributed by atoms with Crippen LogP contribution in [0.15, 0.2) is 0 Å². The fourth-order valence-corrected chi connectivity index (χ4v) is 3.31. The lowest BCUT2D eigenvalue weighted by Gasteiger charge is -2.31. The number of hydrogen-bond acceptors (Lipinski definition) is 2. The van der Waals surface area contributed by atoms with E-state index in [0.717, 1.165) is 18.9 Å². The van der Waals surface area contributed by atoms with Gasteiger partial charge in [0.15, 0.2) is 0 Å². The first-order valence-electron chi connectivity index (χ1n) is 7.36. The van der Waals surface area contributed by atoms with E-state index >= 15 is 0 Å². The minimum absolute atomic E-state index is 0.0714. The number of amides is 2. The predicted octanol–water partition coefficient (Wildman–Crippen LogP) is 1.68. The molecule has 3 aliphatic rings. The number of carboxylic acid groups (broad SMARTS) is 1. The number of carbonyl (C=O) groups is 2. The zero-order valence-corrected chi connectivity index (χ0v) is 11.2. The van der Waals surface area contributed by atoms with E-state index in [0.29, 0.717) is 24.9 Å². The van der Waals surface area contributed by atoms with Gasteiger partial charge in [0.05, 0.1) is 5.92 Å². The Balaban J connectivity index is 1.48. The van der Waals surface area contributed by atoms with E-state index in [1.54, 1.807) is 4.90 Å². The van der Waals surface area contributed by atoms with Crippen molar-refractivity contribution < 1.29 is 14.7 Å². The van der Waals surface area contributed by atoms with Gasteiger partial charge in [0.25, 0.3) is 0 Å². The standard InChI is InChI=1S/C14H22N2O3/c17-12(18)10-2-1-7-16(8-10)13(19)15-9-14(5-6-14)11-3-4-11/h10-11H,1-9H2,(H,15,19)(H,17,18)/t10-/m1/s1. The van der Waals surface area contributed by atoms with Crippen LogP contribution in [0.5, 0.6) is 0 Å². The second kappa shape index (κ2) is 4.69. The number of aliphatic carboxylic acids is 1. The molecule has 5 heteroatoms. The summed E-state index contributed by atoms with van der Waals surface area (Å²) in [5, 5.41) is 12.1. The van der Waals surface area contributed by atoms with Crippen molar-refractivity contribution in [2.75, 3.05) is 19.6 Å². The Morgan fingerprint density at radius 2 is 2.00 bits per heavy atom. The number of nitrogens with zero attached hydrogens (tertiary/aromatic N) is 1. The van der Waals surface area contributed by atoms with Gasteiger partial charge in [-0.05, 0) is 49.9 Å². The van der Waals surface area contributed by atoms with Crippen LogP contribution in [0, 0.1) is 17.3 Å². The first kappa shape index (κ1) is 12.8. The highest BCUT2D eigenvalue weighted by Crippen LogP contribution is 2.60. The zero-order valence-electron chi connectivity index (χ0n) is 11.2. The van der Waals surface area contributed by atoms with Crippen molar-refractivity contribution in [3.05, 3.63) is 0 Å². The Morgan fingerprint density at radius 1 is 1.26 bits per heavy atom. The molecular formula is C14H22N2O3. The first-order valence-corrected chi connectivity index (χ1v) is 7.36. The van der Waals surface area contributed by atoms with Crippen LogP contribution in [0.2, 0.25) is 0 Å². The van der Waals surface area contributed by atoms with Gasteiger partial charge in [-0.15, -0.1) is 0 Å². The van der Waals surface area contributed by atoms with Gasteiger partial charge >= 0.3 is 12.0 Å². The molecular weight excluding hydrogens is 244 g/mol. The summed E-state index contributed by atoms with van der Waals surface area (Å²) < 4.78 is 0. The van der Waals surface area contributed by atoms with Gasteiger partial charge in [-0.2, -0.15) is 0 Å². The third-order valence-electron chi connectivity index (χ3n) is 4.99. The van der Waals surface area contributed by atoms with Crippen molar-refractivity contribution in [1.29, 1.82) is 0 Å². The van der Waals surface area contributed by atoms with Crippen LogP contribution in [0.1, 0.15) is 38.5 Å². The lowest BCUT2D eigenvalue weighted by molar-refractivity contribution is -0.143. The Kier molecular flexibility index (Phi) is 3.15. The Hall–Kier alpha value is -1.26. The first-order chi connectivity index (χ1) is 9.11. The van der Waals surface area contributed by atoms with E-state index in [1.807, 2.05) is 0 Å². The number of carbonyl (C=O) groups excluding carboxylic acids is 1. The van der Waals surface area contributed by atoms with E-state index in [1.165, 1.54) is 25.7 Å². The third-order valence-corrected chi connectivity index (χ3v) is 4.99. The van der Waals surface area contributed by atoms with E-state index in [4.69, 9.17) is 5.11 Å². The predicted molar refractivity (Wildman–Crippen MR) is 69.7 cm³/mol. The Morgan fingerprint density at radius 3 is 2.58 bits per heavy atom. The number of piperidine rings is 1. The molecule has 2 amide bonds. The van der Waals surface area contributed by atoms with Gasteiger partial charge in [-0.25, -0.2) is 4.79 Å². The largest absolute Gasteiger partial charge is 0.481 e. The average molecular weight is 266 g/mol. The summed E-state index contributed by atoms with van der Waals surface area (Å²) in [6, 6.07) is -0.0714. The van der Waals surface area contributed by atoms with Gasteiger partial charge in [-0.3, -0.25) is 4.79 Å². The quantitative estimate of drug-likeness (QED) is 0.813. The molecule has 2 saturated carbocycles. The van der Waals surface area contributed by atoms with Crippen LogP contribution >= 0.6 is 0 Å². The molecule has 0 radical (unpaired) electrons. The summed E-state index contributed by atoms with van der Waals surface area (Å²) >= 11 is 0. The van der Waals surface area contributed by atoms with Crippen LogP contribution in [-0.4, -0.2) is 41.6 Å². The van der Waals surface area contributed by atoms with Crippen LogP contribution in [-0.2, 0) is 4.79 Å². The fraction of sp³-hybridized carbons (Fsp3) is 0.857. The number of urea groups is 1. The molecule has 3 rings (SSSR count). The van der Waals surface area contributed by atoms with Crippen molar-refractivity contribution in [3.8, 4) is 0 Å². The maximum atomic E-state index is 12.1. The van der Waals surface area contributed by atoms with Gasteiger partial charge in [-0.1, -0.05) is 0 Å². The molecule has 1 heterocycles. The highest BCUT2D eigenvalue weighted by Gasteiger charge is 2.53. The molecule has 0 aromatic heterocycles. The second-order valence-electron chi connectivity index (χ2n) is 6.42. The molecule has 1 atom stereocenters. The van der Waals surface area contributed by atoms with Gasteiger partial charge in [0.1, 0.15) is 0 Å². The molecule has 0 bridgehead atoms. The molecule has 1 saturated heterocycles. The monoisotopic (exact) mass is 266 g/mol. The van der Waals surface area contributed by atoms with Gasteiger partial charge in [0.2, 0.25) is 0 Å². The summed E-state index contributed by atoms with van der Waals surface area (Å²) in [6.45, 7) is 1.83. The lowest BCUT2D eigenvalue weighted by Crippen LogP contribution is -2.48. The minimum Gasteiger partial charge on any atom is -0.481 e. The third kappa shape index (κ3) is 2.69. The van der Waals surface area contributed by atoms with Crippen LogP contribution in [0.25, 0.3) is 0 Å². The maximum Gasteiger partial charge on any atom is 0.317 e. The number of likely N-dealkylation sites (tertiary alicyclic amines) is 1. The van der Waals surface area contributed by atoms with Crippen molar-refractivity contribution in [3.63, 3.8) is 0 Å².